The molecule has 1 N–H and O–H groups in total. The van der Waals surface area contributed by atoms with Gasteiger partial charge in [-0.25, -0.2) is 0 Å². The highest BCUT2D eigenvalue weighted by Gasteiger charge is 2.20. The van der Waals surface area contributed by atoms with Gasteiger partial charge < -0.3 is 5.32 Å². The summed E-state index contributed by atoms with van der Waals surface area (Å²) in [6, 6.07) is 2.08. The fourth-order valence-corrected chi connectivity index (χ4v) is 2.24. The minimum Gasteiger partial charge on any atom is -0.352 e. The number of rotatable bonds is 7. The second kappa shape index (κ2) is 7.31. The van der Waals surface area contributed by atoms with Gasteiger partial charge in [-0.2, -0.15) is 5.10 Å². The molecule has 2 unspecified atom stereocenters. The summed E-state index contributed by atoms with van der Waals surface area (Å²) in [4.78, 5) is 12.2. The zero-order valence-electron chi connectivity index (χ0n) is 12.9. The van der Waals surface area contributed by atoms with Crippen LogP contribution in [0.2, 0.25) is 0 Å². The zero-order valence-corrected chi connectivity index (χ0v) is 12.9. The summed E-state index contributed by atoms with van der Waals surface area (Å²) < 4.78 is 1.87. The molecule has 1 aromatic heterocycles. The Balaban J connectivity index is 2.78. The van der Waals surface area contributed by atoms with Gasteiger partial charge >= 0.3 is 0 Å². The quantitative estimate of drug-likeness (QED) is 0.824. The minimum absolute atomic E-state index is 0.0569. The number of hydrogen-bond donors (Lipinski definition) is 1. The molecule has 0 saturated heterocycles. The molecule has 0 fully saturated rings. The van der Waals surface area contributed by atoms with Crippen molar-refractivity contribution in [1.29, 1.82) is 0 Å². The van der Waals surface area contributed by atoms with Crippen molar-refractivity contribution in [1.82, 2.24) is 15.1 Å². The van der Waals surface area contributed by atoms with Crippen molar-refractivity contribution < 1.29 is 4.79 Å². The van der Waals surface area contributed by atoms with Gasteiger partial charge in [-0.3, -0.25) is 9.48 Å². The first-order valence-electron chi connectivity index (χ1n) is 7.41. The highest BCUT2D eigenvalue weighted by atomic mass is 16.2. The van der Waals surface area contributed by atoms with Crippen LogP contribution in [0.25, 0.3) is 0 Å². The van der Waals surface area contributed by atoms with Crippen LogP contribution in [0.5, 0.6) is 0 Å². The maximum atomic E-state index is 12.2. The predicted molar refractivity (Wildman–Crippen MR) is 78.2 cm³/mol. The van der Waals surface area contributed by atoms with Crippen LogP contribution in [-0.2, 0) is 17.6 Å². The van der Waals surface area contributed by atoms with Crippen molar-refractivity contribution in [3.63, 3.8) is 0 Å². The van der Waals surface area contributed by atoms with Crippen LogP contribution >= 0.6 is 0 Å². The van der Waals surface area contributed by atoms with Gasteiger partial charge in [-0.15, -0.1) is 0 Å². The molecule has 1 amide bonds. The van der Waals surface area contributed by atoms with Crippen LogP contribution < -0.4 is 5.32 Å². The topological polar surface area (TPSA) is 46.9 Å². The number of carbonyl (C=O) groups excluding carboxylic acids is 1. The highest BCUT2D eigenvalue weighted by molar-refractivity contribution is 5.80. The van der Waals surface area contributed by atoms with E-state index in [0.717, 1.165) is 37.1 Å². The van der Waals surface area contributed by atoms with E-state index < -0.39 is 0 Å². The SMILES string of the molecule is CCCC(C)NC(=O)C(C)n1nc(CC)cc1CC. The Labute approximate surface area is 116 Å². The van der Waals surface area contributed by atoms with Gasteiger partial charge in [0.15, 0.2) is 0 Å². The monoisotopic (exact) mass is 265 g/mol. The molecule has 2 atom stereocenters. The summed E-state index contributed by atoms with van der Waals surface area (Å²) in [5.41, 5.74) is 2.18. The Bertz CT molecular complexity index is 412. The second-order valence-electron chi connectivity index (χ2n) is 5.15. The average Bonchev–Trinajstić information content (AvgIpc) is 2.81. The van der Waals surface area contributed by atoms with Crippen LogP contribution in [0.3, 0.4) is 0 Å². The average molecular weight is 265 g/mol. The molecule has 1 heterocycles. The molecule has 4 nitrogen and oxygen atoms in total. The first-order chi connectivity index (χ1) is 9.03. The molecule has 0 aliphatic heterocycles. The molecular weight excluding hydrogens is 238 g/mol. The van der Waals surface area contributed by atoms with Crippen molar-refractivity contribution in [3.05, 3.63) is 17.5 Å². The van der Waals surface area contributed by atoms with E-state index in [-0.39, 0.29) is 18.0 Å². The Kier molecular flexibility index (Phi) is 6.06. The van der Waals surface area contributed by atoms with Gasteiger partial charge in [0.25, 0.3) is 0 Å². The number of nitrogens with one attached hydrogen (secondary N) is 1. The maximum Gasteiger partial charge on any atom is 0.244 e. The minimum atomic E-state index is -0.241. The standard InChI is InChI=1S/C15H27N3O/c1-6-9-11(4)16-15(19)12(5)18-14(8-3)10-13(7-2)17-18/h10-12H,6-9H2,1-5H3,(H,16,19). The number of nitrogens with zero attached hydrogens (tertiary/aromatic N) is 2. The van der Waals surface area contributed by atoms with Crippen LogP contribution in [0.1, 0.15) is 64.9 Å². The van der Waals surface area contributed by atoms with Crippen molar-refractivity contribution in [3.8, 4) is 0 Å². The predicted octanol–water partition coefficient (Wildman–Crippen LogP) is 2.87. The molecule has 0 aliphatic rings. The lowest BCUT2D eigenvalue weighted by Crippen LogP contribution is -2.37. The molecular formula is C15H27N3O. The molecule has 0 aromatic carbocycles. The van der Waals surface area contributed by atoms with Crippen LogP contribution in [0.15, 0.2) is 6.07 Å². The van der Waals surface area contributed by atoms with E-state index in [4.69, 9.17) is 0 Å². The number of hydrogen-bond acceptors (Lipinski definition) is 2. The van der Waals surface area contributed by atoms with E-state index in [1.54, 1.807) is 0 Å². The molecule has 1 aromatic rings. The third-order valence-electron chi connectivity index (χ3n) is 3.44. The molecule has 0 saturated carbocycles. The van der Waals surface area contributed by atoms with E-state index in [9.17, 15) is 4.79 Å². The normalized spacial score (nSPS) is 14.2. The molecule has 0 bridgehead atoms. The fraction of sp³-hybridized carbons (Fsp3) is 0.733. The zero-order chi connectivity index (χ0) is 14.4. The molecule has 19 heavy (non-hydrogen) atoms. The summed E-state index contributed by atoms with van der Waals surface area (Å²) in [5, 5.41) is 7.59. The summed E-state index contributed by atoms with van der Waals surface area (Å²) in [6.45, 7) is 10.3. The van der Waals surface area contributed by atoms with Crippen molar-refractivity contribution >= 4 is 5.91 Å². The lowest BCUT2D eigenvalue weighted by molar-refractivity contribution is -0.124. The number of amides is 1. The Morgan fingerprint density at radius 1 is 1.32 bits per heavy atom. The van der Waals surface area contributed by atoms with Gasteiger partial charge in [0.1, 0.15) is 6.04 Å². The highest BCUT2D eigenvalue weighted by Crippen LogP contribution is 2.14. The first-order valence-corrected chi connectivity index (χ1v) is 7.41. The van der Waals surface area contributed by atoms with E-state index >= 15 is 0 Å². The molecule has 1 rings (SSSR count). The maximum absolute atomic E-state index is 12.2. The fourth-order valence-electron chi connectivity index (χ4n) is 2.24. The van der Waals surface area contributed by atoms with Crippen LogP contribution in [0, 0.1) is 0 Å². The molecule has 108 valence electrons. The molecule has 0 spiro atoms. The van der Waals surface area contributed by atoms with Crippen molar-refractivity contribution in [2.45, 2.75) is 72.4 Å². The van der Waals surface area contributed by atoms with Crippen molar-refractivity contribution in [2.75, 3.05) is 0 Å². The molecule has 0 radical (unpaired) electrons. The van der Waals surface area contributed by atoms with E-state index in [1.165, 1.54) is 0 Å². The molecule has 0 aliphatic carbocycles. The summed E-state index contributed by atoms with van der Waals surface area (Å²) in [7, 11) is 0. The Morgan fingerprint density at radius 3 is 2.53 bits per heavy atom. The summed E-state index contributed by atoms with van der Waals surface area (Å²) >= 11 is 0. The van der Waals surface area contributed by atoms with E-state index in [0.29, 0.717) is 0 Å². The summed E-state index contributed by atoms with van der Waals surface area (Å²) in [5.74, 6) is 0.0569. The van der Waals surface area contributed by atoms with Crippen LogP contribution in [0.4, 0.5) is 0 Å². The van der Waals surface area contributed by atoms with Crippen molar-refractivity contribution in [2.24, 2.45) is 0 Å². The van der Waals surface area contributed by atoms with Gasteiger partial charge in [0, 0.05) is 11.7 Å². The van der Waals surface area contributed by atoms with Gasteiger partial charge in [-0.05, 0) is 39.2 Å². The lowest BCUT2D eigenvalue weighted by atomic mass is 10.2. The second-order valence-corrected chi connectivity index (χ2v) is 5.15. The largest absolute Gasteiger partial charge is 0.352 e. The Morgan fingerprint density at radius 2 is 2.00 bits per heavy atom. The van der Waals surface area contributed by atoms with E-state index in [2.05, 4.69) is 44.2 Å². The number of carbonyl (C=O) groups is 1. The molecule has 4 heteroatoms. The van der Waals surface area contributed by atoms with E-state index in [1.807, 2.05) is 11.6 Å². The van der Waals surface area contributed by atoms with Gasteiger partial charge in [0.2, 0.25) is 5.91 Å². The third-order valence-corrected chi connectivity index (χ3v) is 3.44. The smallest absolute Gasteiger partial charge is 0.244 e. The van der Waals surface area contributed by atoms with Gasteiger partial charge in [0.05, 0.1) is 5.69 Å². The first kappa shape index (κ1) is 15.7. The lowest BCUT2D eigenvalue weighted by Gasteiger charge is -2.18. The number of aryl methyl sites for hydroxylation is 2. The van der Waals surface area contributed by atoms with Crippen LogP contribution in [-0.4, -0.2) is 21.7 Å². The summed E-state index contributed by atoms with van der Waals surface area (Å²) in [6.07, 6.45) is 3.89. The Hall–Kier alpha value is -1.32. The third kappa shape index (κ3) is 4.08. The number of aromatic nitrogens is 2. The van der Waals surface area contributed by atoms with Gasteiger partial charge in [-0.1, -0.05) is 27.2 Å².